The Kier molecular flexibility index (Phi) is 7.60. The number of carbonyl (C=O) groups is 2. The summed E-state index contributed by atoms with van der Waals surface area (Å²) < 4.78 is 34.4. The molecule has 2 aliphatic rings. The lowest BCUT2D eigenvalue weighted by atomic mass is 10.1. The van der Waals surface area contributed by atoms with Crippen molar-refractivity contribution in [2.45, 2.75) is 68.8 Å². The fraction of sp³-hybridized carbons (Fsp3) is 0.440. The third-order valence-corrected chi connectivity index (χ3v) is 8.64. The highest BCUT2D eigenvalue weighted by molar-refractivity contribution is 7.89. The second kappa shape index (κ2) is 10.5. The van der Waals surface area contributed by atoms with E-state index in [9.17, 15) is 18.0 Å². The van der Waals surface area contributed by atoms with Crippen LogP contribution >= 0.6 is 11.6 Å². The van der Waals surface area contributed by atoms with Gasteiger partial charge in [0, 0.05) is 11.1 Å². The number of nitrogens with zero attached hydrogens (tertiary/aromatic N) is 2. The minimum atomic E-state index is -4.04. The van der Waals surface area contributed by atoms with E-state index < -0.39 is 27.9 Å². The van der Waals surface area contributed by atoms with Crippen LogP contribution in [0, 0.1) is 0 Å². The SMILES string of the molecule is CCOc1ccc(N2C(=O)CC(N(C3CCCCCC3)S(=O)(=O)c3ccc(Cl)cc3)C2=O)cc1. The minimum absolute atomic E-state index is 0.0703. The average molecular weight is 505 g/mol. The number of hydrogen-bond acceptors (Lipinski definition) is 5. The van der Waals surface area contributed by atoms with Crippen LogP contribution in [0.2, 0.25) is 5.02 Å². The molecular weight excluding hydrogens is 476 g/mol. The number of carbonyl (C=O) groups excluding carboxylic acids is 2. The second-order valence-corrected chi connectivity index (χ2v) is 10.9. The van der Waals surface area contributed by atoms with Crippen molar-refractivity contribution >= 4 is 39.1 Å². The van der Waals surface area contributed by atoms with Crippen LogP contribution < -0.4 is 9.64 Å². The molecule has 1 heterocycles. The van der Waals surface area contributed by atoms with Gasteiger partial charge in [-0.2, -0.15) is 4.31 Å². The summed E-state index contributed by atoms with van der Waals surface area (Å²) in [6.45, 7) is 2.37. The predicted molar refractivity (Wildman–Crippen MR) is 130 cm³/mol. The average Bonchev–Trinajstić information content (AvgIpc) is 2.97. The minimum Gasteiger partial charge on any atom is -0.494 e. The number of hydrogen-bond donors (Lipinski definition) is 0. The molecular formula is C25H29ClN2O5S. The number of rotatable bonds is 7. The standard InChI is InChI=1S/C25H29ClN2O5S/c1-2-33-21-13-11-19(12-14-21)27-24(29)17-23(25(27)30)28(20-7-5-3-4-6-8-20)34(31,32)22-15-9-18(26)10-16-22/h9-16,20,23H,2-8,17H2,1H3. The van der Waals surface area contributed by atoms with Gasteiger partial charge >= 0.3 is 0 Å². The first kappa shape index (κ1) is 24.7. The van der Waals surface area contributed by atoms with Gasteiger partial charge in [-0.15, -0.1) is 0 Å². The maximum absolute atomic E-state index is 13.8. The van der Waals surface area contributed by atoms with Crippen molar-refractivity contribution in [3.63, 3.8) is 0 Å². The number of anilines is 1. The second-order valence-electron chi connectivity index (χ2n) is 8.65. The molecule has 0 N–H and O–H groups in total. The third-order valence-electron chi connectivity index (χ3n) is 6.41. The van der Waals surface area contributed by atoms with Crippen LogP contribution in [0.25, 0.3) is 0 Å². The molecule has 182 valence electrons. The molecule has 4 rings (SSSR count). The van der Waals surface area contributed by atoms with Gasteiger partial charge < -0.3 is 4.74 Å². The summed E-state index contributed by atoms with van der Waals surface area (Å²) in [7, 11) is -4.04. The Labute approximate surface area is 205 Å². The Bertz CT molecular complexity index is 1130. The first-order valence-electron chi connectivity index (χ1n) is 11.7. The molecule has 7 nitrogen and oxygen atoms in total. The summed E-state index contributed by atoms with van der Waals surface area (Å²) in [6, 6.07) is 11.2. The molecule has 34 heavy (non-hydrogen) atoms. The molecule has 0 spiro atoms. The third kappa shape index (κ3) is 4.99. The van der Waals surface area contributed by atoms with Crippen molar-refractivity contribution in [1.82, 2.24) is 4.31 Å². The number of amides is 2. The first-order chi connectivity index (χ1) is 16.3. The van der Waals surface area contributed by atoms with Gasteiger partial charge in [-0.05, 0) is 68.3 Å². The van der Waals surface area contributed by atoms with Gasteiger partial charge in [-0.3, -0.25) is 9.59 Å². The van der Waals surface area contributed by atoms with E-state index in [0.717, 1.165) is 30.6 Å². The summed E-state index contributed by atoms with van der Waals surface area (Å²) >= 11 is 5.98. The molecule has 9 heteroatoms. The summed E-state index contributed by atoms with van der Waals surface area (Å²) in [6.07, 6.45) is 4.96. The Morgan fingerprint density at radius 2 is 1.59 bits per heavy atom. The van der Waals surface area contributed by atoms with E-state index in [0.29, 0.717) is 35.9 Å². The molecule has 2 fully saturated rings. The Balaban J connectivity index is 1.70. The van der Waals surface area contributed by atoms with Gasteiger partial charge in [-0.25, -0.2) is 13.3 Å². The molecule has 1 atom stereocenters. The van der Waals surface area contributed by atoms with Crippen LogP contribution in [0.4, 0.5) is 5.69 Å². The van der Waals surface area contributed by atoms with E-state index in [2.05, 4.69) is 0 Å². The van der Waals surface area contributed by atoms with E-state index in [1.54, 1.807) is 24.3 Å². The fourth-order valence-corrected chi connectivity index (χ4v) is 6.76. The molecule has 1 saturated carbocycles. The molecule has 0 radical (unpaired) electrons. The number of ether oxygens (including phenoxy) is 1. The highest BCUT2D eigenvalue weighted by Crippen LogP contribution is 2.35. The number of benzene rings is 2. The van der Waals surface area contributed by atoms with Crippen LogP contribution in [0.1, 0.15) is 51.9 Å². The van der Waals surface area contributed by atoms with Crippen LogP contribution in [0.5, 0.6) is 5.75 Å². The Hall–Kier alpha value is -2.42. The summed E-state index contributed by atoms with van der Waals surface area (Å²) in [5.41, 5.74) is 0.408. The number of imide groups is 1. The van der Waals surface area contributed by atoms with E-state index in [1.165, 1.54) is 28.6 Å². The molecule has 0 bridgehead atoms. The van der Waals surface area contributed by atoms with Crippen LogP contribution in [-0.4, -0.2) is 43.2 Å². The van der Waals surface area contributed by atoms with Crippen molar-refractivity contribution in [3.05, 3.63) is 53.6 Å². The lowest BCUT2D eigenvalue weighted by molar-refractivity contribution is -0.122. The predicted octanol–water partition coefficient (Wildman–Crippen LogP) is 4.78. The molecule has 0 aromatic heterocycles. The summed E-state index contributed by atoms with van der Waals surface area (Å²) in [4.78, 5) is 27.7. The number of sulfonamides is 1. The normalized spacial score (nSPS) is 20.1. The van der Waals surface area contributed by atoms with Crippen molar-refractivity contribution in [2.24, 2.45) is 0 Å². The number of halogens is 1. The lowest BCUT2D eigenvalue weighted by Gasteiger charge is -2.33. The molecule has 2 aromatic rings. The smallest absolute Gasteiger partial charge is 0.252 e. The van der Waals surface area contributed by atoms with E-state index >= 15 is 0 Å². The molecule has 1 aliphatic carbocycles. The van der Waals surface area contributed by atoms with Crippen molar-refractivity contribution in [3.8, 4) is 5.75 Å². The Morgan fingerprint density at radius 1 is 0.971 bits per heavy atom. The van der Waals surface area contributed by atoms with Gasteiger partial charge in [0.15, 0.2) is 0 Å². The molecule has 1 aliphatic heterocycles. The summed E-state index contributed by atoms with van der Waals surface area (Å²) in [5, 5.41) is 0.425. The quantitative estimate of drug-likeness (QED) is 0.400. The van der Waals surface area contributed by atoms with Gasteiger partial charge in [-0.1, -0.05) is 37.3 Å². The maximum atomic E-state index is 13.8. The lowest BCUT2D eigenvalue weighted by Crippen LogP contribution is -2.50. The van der Waals surface area contributed by atoms with Gasteiger partial charge in [0.25, 0.3) is 5.91 Å². The van der Waals surface area contributed by atoms with Gasteiger partial charge in [0.1, 0.15) is 11.8 Å². The van der Waals surface area contributed by atoms with Crippen molar-refractivity contribution < 1.29 is 22.7 Å². The fourth-order valence-electron chi connectivity index (χ4n) is 4.80. The first-order valence-corrected chi connectivity index (χ1v) is 13.5. The van der Waals surface area contributed by atoms with Crippen LogP contribution in [0.3, 0.4) is 0 Å². The molecule has 1 unspecified atom stereocenters. The summed E-state index contributed by atoms with van der Waals surface area (Å²) in [5.74, 6) is -0.299. The molecule has 2 aromatic carbocycles. The van der Waals surface area contributed by atoms with Crippen molar-refractivity contribution in [1.29, 1.82) is 0 Å². The van der Waals surface area contributed by atoms with E-state index in [4.69, 9.17) is 16.3 Å². The molecule has 2 amide bonds. The Morgan fingerprint density at radius 3 is 2.18 bits per heavy atom. The van der Waals surface area contributed by atoms with Gasteiger partial charge in [0.2, 0.25) is 15.9 Å². The topological polar surface area (TPSA) is 84.0 Å². The van der Waals surface area contributed by atoms with Crippen LogP contribution in [-0.2, 0) is 19.6 Å². The maximum Gasteiger partial charge on any atom is 0.252 e. The largest absolute Gasteiger partial charge is 0.494 e. The van der Waals surface area contributed by atoms with Gasteiger partial charge in [0.05, 0.1) is 23.6 Å². The highest BCUT2D eigenvalue weighted by Gasteiger charge is 2.49. The van der Waals surface area contributed by atoms with E-state index in [-0.39, 0.29) is 17.4 Å². The highest BCUT2D eigenvalue weighted by atomic mass is 35.5. The molecule has 1 saturated heterocycles. The zero-order chi connectivity index (χ0) is 24.3. The monoisotopic (exact) mass is 504 g/mol. The zero-order valence-corrected chi connectivity index (χ0v) is 20.7. The zero-order valence-electron chi connectivity index (χ0n) is 19.2. The van der Waals surface area contributed by atoms with E-state index in [1.807, 2.05) is 6.92 Å². The van der Waals surface area contributed by atoms with Crippen molar-refractivity contribution in [2.75, 3.05) is 11.5 Å². The van der Waals surface area contributed by atoms with Crippen LogP contribution in [0.15, 0.2) is 53.4 Å².